The monoisotopic (exact) mass is 383 g/mol. The van der Waals surface area contributed by atoms with E-state index in [2.05, 4.69) is 5.32 Å². The minimum absolute atomic E-state index is 0.0483. The number of benzene rings is 2. The Hall–Kier alpha value is -2.25. The van der Waals surface area contributed by atoms with E-state index < -0.39 is 17.8 Å². The largest absolute Gasteiger partial charge is 0.493 e. The van der Waals surface area contributed by atoms with Crippen LogP contribution >= 0.6 is 0 Å². The van der Waals surface area contributed by atoms with E-state index in [9.17, 15) is 18.3 Å². The first-order valence-corrected chi connectivity index (χ1v) is 8.54. The highest BCUT2D eigenvalue weighted by molar-refractivity contribution is 5.43. The molecule has 2 N–H and O–H groups in total. The lowest BCUT2D eigenvalue weighted by Gasteiger charge is -2.18. The summed E-state index contributed by atoms with van der Waals surface area (Å²) >= 11 is 0. The number of nitrogens with one attached hydrogen (secondary N) is 1. The van der Waals surface area contributed by atoms with Gasteiger partial charge in [-0.3, -0.25) is 0 Å². The summed E-state index contributed by atoms with van der Waals surface area (Å²) in [5.74, 6) is 1.30. The van der Waals surface area contributed by atoms with Crippen LogP contribution in [0.5, 0.6) is 11.5 Å². The van der Waals surface area contributed by atoms with Gasteiger partial charge in [-0.15, -0.1) is 0 Å². The fourth-order valence-corrected chi connectivity index (χ4v) is 2.76. The minimum atomic E-state index is -4.38. The lowest BCUT2D eigenvalue weighted by atomic mass is 10.0. The highest BCUT2D eigenvalue weighted by atomic mass is 19.4. The van der Waals surface area contributed by atoms with E-state index in [0.717, 1.165) is 17.7 Å². The predicted molar refractivity (Wildman–Crippen MR) is 97.1 cm³/mol. The summed E-state index contributed by atoms with van der Waals surface area (Å²) in [5.41, 5.74) is 0.749. The highest BCUT2D eigenvalue weighted by Gasteiger charge is 2.30. The van der Waals surface area contributed by atoms with Gasteiger partial charge in [-0.25, -0.2) is 0 Å². The van der Waals surface area contributed by atoms with E-state index in [4.69, 9.17) is 9.47 Å². The lowest BCUT2D eigenvalue weighted by Crippen LogP contribution is -2.32. The highest BCUT2D eigenvalue weighted by Crippen LogP contribution is 2.30. The number of halogens is 3. The van der Waals surface area contributed by atoms with Crippen LogP contribution < -0.4 is 14.8 Å². The van der Waals surface area contributed by atoms with E-state index in [0.29, 0.717) is 23.5 Å². The Balaban J connectivity index is 1.90. The second-order valence-corrected chi connectivity index (χ2v) is 6.34. The average molecular weight is 383 g/mol. The van der Waals surface area contributed by atoms with Gasteiger partial charge in [0.2, 0.25) is 0 Å². The fraction of sp³-hybridized carbons (Fsp3) is 0.400. The van der Waals surface area contributed by atoms with E-state index in [-0.39, 0.29) is 12.6 Å². The van der Waals surface area contributed by atoms with Crippen LogP contribution in [-0.2, 0) is 12.6 Å². The summed E-state index contributed by atoms with van der Waals surface area (Å²) in [6.45, 7) is 2.20. The van der Waals surface area contributed by atoms with Gasteiger partial charge in [-0.2, -0.15) is 13.2 Å². The van der Waals surface area contributed by atoms with Gasteiger partial charge in [0.05, 0.1) is 25.9 Å². The molecule has 2 aromatic rings. The number of hydrogen-bond donors (Lipinski definition) is 2. The lowest BCUT2D eigenvalue weighted by molar-refractivity contribution is -0.137. The van der Waals surface area contributed by atoms with Crippen LogP contribution in [0, 0.1) is 0 Å². The Kier molecular flexibility index (Phi) is 7.10. The molecule has 2 aromatic carbocycles. The topological polar surface area (TPSA) is 50.7 Å². The van der Waals surface area contributed by atoms with Crippen LogP contribution in [0.25, 0.3) is 0 Å². The summed E-state index contributed by atoms with van der Waals surface area (Å²) in [6, 6.07) is 10.3. The number of ether oxygens (including phenoxy) is 2. The fourth-order valence-electron chi connectivity index (χ4n) is 2.76. The molecule has 4 nitrogen and oxygen atoms in total. The Morgan fingerprint density at radius 1 is 1.00 bits per heavy atom. The molecule has 0 unspecified atom stereocenters. The number of hydrogen-bond acceptors (Lipinski definition) is 4. The molecule has 0 aliphatic carbocycles. The van der Waals surface area contributed by atoms with Gasteiger partial charge >= 0.3 is 6.18 Å². The molecule has 2 atom stereocenters. The maximum atomic E-state index is 12.6. The minimum Gasteiger partial charge on any atom is -0.493 e. The van der Waals surface area contributed by atoms with Crippen molar-refractivity contribution in [1.29, 1.82) is 0 Å². The van der Waals surface area contributed by atoms with Crippen LogP contribution in [0.2, 0.25) is 0 Å². The van der Waals surface area contributed by atoms with Crippen LogP contribution in [-0.4, -0.2) is 31.9 Å². The number of aliphatic hydroxyl groups excluding tert-OH is 1. The molecule has 7 heteroatoms. The first kappa shape index (κ1) is 21.1. The molecule has 0 aliphatic rings. The number of alkyl halides is 3. The molecule has 0 saturated heterocycles. The Morgan fingerprint density at radius 3 is 2.19 bits per heavy atom. The molecular weight excluding hydrogens is 359 g/mol. The van der Waals surface area contributed by atoms with Gasteiger partial charge in [-0.05, 0) is 48.7 Å². The summed E-state index contributed by atoms with van der Waals surface area (Å²) in [7, 11) is 3.15. The van der Waals surface area contributed by atoms with E-state index in [1.54, 1.807) is 14.2 Å². The normalized spacial score (nSPS) is 13.9. The van der Waals surface area contributed by atoms with Crippen molar-refractivity contribution in [3.63, 3.8) is 0 Å². The van der Waals surface area contributed by atoms with Gasteiger partial charge < -0.3 is 19.9 Å². The SMILES string of the molecule is COc1ccc(C[C@@H](C)NC[C@H](O)c2ccc(C(F)(F)F)cc2)cc1OC. The predicted octanol–water partition coefficient (Wildman–Crippen LogP) is 3.98. The smallest absolute Gasteiger partial charge is 0.416 e. The second kappa shape index (κ2) is 9.10. The van der Waals surface area contributed by atoms with Crippen LogP contribution in [0.3, 0.4) is 0 Å². The Morgan fingerprint density at radius 2 is 1.63 bits per heavy atom. The van der Waals surface area contributed by atoms with Crippen LogP contribution in [0.15, 0.2) is 42.5 Å². The number of methoxy groups -OCH3 is 2. The molecule has 0 fully saturated rings. The van der Waals surface area contributed by atoms with E-state index >= 15 is 0 Å². The Labute approximate surface area is 156 Å². The van der Waals surface area contributed by atoms with Gasteiger partial charge in [-0.1, -0.05) is 18.2 Å². The first-order valence-electron chi connectivity index (χ1n) is 8.54. The zero-order valence-electron chi connectivity index (χ0n) is 15.5. The molecule has 0 spiro atoms. The van der Waals surface area contributed by atoms with Crippen molar-refractivity contribution in [3.05, 3.63) is 59.2 Å². The van der Waals surface area contributed by atoms with Crippen molar-refractivity contribution in [2.24, 2.45) is 0 Å². The van der Waals surface area contributed by atoms with Gasteiger partial charge in [0.15, 0.2) is 11.5 Å². The molecule has 27 heavy (non-hydrogen) atoms. The van der Waals surface area contributed by atoms with Gasteiger partial charge in [0, 0.05) is 12.6 Å². The molecule has 0 bridgehead atoms. The van der Waals surface area contributed by atoms with Gasteiger partial charge in [0.25, 0.3) is 0 Å². The zero-order valence-corrected chi connectivity index (χ0v) is 15.5. The van der Waals surface area contributed by atoms with E-state index in [1.165, 1.54) is 12.1 Å². The van der Waals surface area contributed by atoms with Crippen LogP contribution in [0.1, 0.15) is 29.7 Å². The molecule has 0 amide bonds. The maximum absolute atomic E-state index is 12.6. The summed E-state index contributed by atoms with van der Waals surface area (Å²) in [4.78, 5) is 0. The van der Waals surface area contributed by atoms with Crippen molar-refractivity contribution in [3.8, 4) is 11.5 Å². The third kappa shape index (κ3) is 5.87. The third-order valence-electron chi connectivity index (χ3n) is 4.27. The summed E-state index contributed by atoms with van der Waals surface area (Å²) in [5, 5.41) is 13.4. The Bertz CT molecular complexity index is 732. The zero-order chi connectivity index (χ0) is 20.0. The summed E-state index contributed by atoms with van der Waals surface area (Å²) in [6.07, 6.45) is -4.57. The average Bonchev–Trinajstić information content (AvgIpc) is 2.65. The number of rotatable bonds is 8. The molecule has 148 valence electrons. The van der Waals surface area contributed by atoms with Crippen molar-refractivity contribution in [2.45, 2.75) is 31.7 Å². The first-order chi connectivity index (χ1) is 12.7. The molecule has 0 heterocycles. The standard InChI is InChI=1S/C20H24F3NO3/c1-13(10-14-4-9-18(26-2)19(11-14)27-3)24-12-17(25)15-5-7-16(8-6-15)20(21,22)23/h4-9,11,13,17,24-25H,10,12H2,1-3H3/t13-,17+/m1/s1. The van der Waals surface area contributed by atoms with Crippen molar-refractivity contribution in [2.75, 3.05) is 20.8 Å². The van der Waals surface area contributed by atoms with Gasteiger partial charge in [0.1, 0.15) is 0 Å². The molecule has 0 aliphatic heterocycles. The molecule has 0 saturated carbocycles. The van der Waals surface area contributed by atoms with Crippen molar-refractivity contribution < 1.29 is 27.8 Å². The quantitative estimate of drug-likeness (QED) is 0.724. The summed E-state index contributed by atoms with van der Waals surface area (Å²) < 4.78 is 48.3. The van der Waals surface area contributed by atoms with Crippen molar-refractivity contribution >= 4 is 0 Å². The third-order valence-corrected chi connectivity index (χ3v) is 4.27. The molecule has 0 radical (unpaired) electrons. The molecular formula is C20H24F3NO3. The maximum Gasteiger partial charge on any atom is 0.416 e. The van der Waals surface area contributed by atoms with Crippen molar-refractivity contribution in [1.82, 2.24) is 5.32 Å². The van der Waals surface area contributed by atoms with E-state index in [1.807, 2.05) is 25.1 Å². The van der Waals surface area contributed by atoms with Crippen LogP contribution in [0.4, 0.5) is 13.2 Å². The molecule has 0 aromatic heterocycles. The molecule has 2 rings (SSSR count). The second-order valence-electron chi connectivity index (χ2n) is 6.34. The number of aliphatic hydroxyl groups is 1.